The summed E-state index contributed by atoms with van der Waals surface area (Å²) in [5, 5.41) is 0. The van der Waals surface area contributed by atoms with Crippen molar-refractivity contribution in [2.24, 2.45) is 45.8 Å². The first kappa shape index (κ1) is 42.0. The highest BCUT2D eigenvalue weighted by Gasteiger charge is 2.80. The van der Waals surface area contributed by atoms with Crippen molar-refractivity contribution in [2.45, 2.75) is 218 Å². The van der Waals surface area contributed by atoms with Gasteiger partial charge < -0.3 is 37.9 Å². The minimum Gasteiger partial charge on any atom is -0.462 e. The quantitative estimate of drug-likeness (QED) is 0.132. The lowest BCUT2D eigenvalue weighted by Gasteiger charge is -2.65. The second-order valence-electron chi connectivity index (χ2n) is 22.8. The Balaban J connectivity index is 0.999. The van der Waals surface area contributed by atoms with Gasteiger partial charge in [0, 0.05) is 25.2 Å². The van der Waals surface area contributed by atoms with Gasteiger partial charge in [0.1, 0.15) is 35.1 Å². The van der Waals surface area contributed by atoms with Gasteiger partial charge in [0.25, 0.3) is 0 Å². The molecule has 8 unspecified atom stereocenters. The number of rotatable bonds is 13. The van der Waals surface area contributed by atoms with Crippen LogP contribution in [0.15, 0.2) is 0 Å². The van der Waals surface area contributed by atoms with Gasteiger partial charge in [-0.05, 0) is 143 Å². The Morgan fingerprint density at radius 3 is 1.66 bits per heavy atom. The van der Waals surface area contributed by atoms with Gasteiger partial charge in [0.15, 0.2) is 11.6 Å². The molecule has 2 spiro atoms. The molecule has 0 amide bonds. The summed E-state index contributed by atoms with van der Waals surface area (Å²) in [5.74, 6) is -1.24. The van der Waals surface area contributed by atoms with Crippen LogP contribution in [0.1, 0.15) is 166 Å². The number of hydrogen-bond acceptors (Lipinski definition) is 12. The standard InChI is InChI=1S/C47H70O12/c1-11-41(8,37(50)56-44-20-32-34-45(24-44,58-39(4,5)54-34)26-46(25-44)35(32)55-40(6,7)59-46)22-43(10,36(49)53-31-19-33(48)52-21-31)23-42(9,12-2)38(51)57-47(13-3)29-15-27-14-28(17-29)18-30(47)16-27/h27-32,34-35H,11-26H2,1-10H3. The average Bonchev–Trinajstić information content (AvgIpc) is 3.76. The van der Waals surface area contributed by atoms with Gasteiger partial charge >= 0.3 is 23.9 Å². The van der Waals surface area contributed by atoms with Crippen molar-refractivity contribution in [1.29, 1.82) is 0 Å². The highest BCUT2D eigenvalue weighted by molar-refractivity contribution is 5.84. The predicted octanol–water partition coefficient (Wildman–Crippen LogP) is 7.89. The van der Waals surface area contributed by atoms with Gasteiger partial charge in [0.2, 0.25) is 0 Å². The van der Waals surface area contributed by atoms with Crippen LogP contribution < -0.4 is 0 Å². The van der Waals surface area contributed by atoms with E-state index in [-0.39, 0.29) is 50.0 Å². The molecule has 11 fully saturated rings. The van der Waals surface area contributed by atoms with Crippen LogP contribution in [0.25, 0.3) is 0 Å². The van der Waals surface area contributed by atoms with Crippen LogP contribution >= 0.6 is 0 Å². The lowest BCUT2D eigenvalue weighted by Crippen LogP contribution is -2.76. The van der Waals surface area contributed by atoms with Crippen LogP contribution in [0, 0.1) is 45.8 Å². The van der Waals surface area contributed by atoms with Gasteiger partial charge in [-0.15, -0.1) is 0 Å². The van der Waals surface area contributed by atoms with Gasteiger partial charge in [-0.25, -0.2) is 0 Å². The zero-order valence-electron chi connectivity index (χ0n) is 37.3. The summed E-state index contributed by atoms with van der Waals surface area (Å²) in [6, 6.07) is 0. The first-order valence-corrected chi connectivity index (χ1v) is 23.1. The van der Waals surface area contributed by atoms with E-state index in [2.05, 4.69) is 6.92 Å². The summed E-state index contributed by atoms with van der Waals surface area (Å²) >= 11 is 0. The Hall–Kier alpha value is -2.28. The van der Waals surface area contributed by atoms with E-state index >= 15 is 4.79 Å². The van der Waals surface area contributed by atoms with Crippen LogP contribution in [-0.2, 0) is 57.1 Å². The van der Waals surface area contributed by atoms with Gasteiger partial charge in [-0.2, -0.15) is 0 Å². The van der Waals surface area contributed by atoms with Crippen molar-refractivity contribution < 1.29 is 57.1 Å². The van der Waals surface area contributed by atoms with Crippen LogP contribution in [0.3, 0.4) is 0 Å². The topological polar surface area (TPSA) is 142 Å². The molecule has 11 aliphatic rings. The fourth-order valence-corrected chi connectivity index (χ4v) is 15.2. The molecule has 3 saturated heterocycles. The van der Waals surface area contributed by atoms with Crippen molar-refractivity contribution in [3.05, 3.63) is 0 Å². The number of esters is 4. The minimum absolute atomic E-state index is 0.0228. The summed E-state index contributed by atoms with van der Waals surface area (Å²) < 4.78 is 51.8. The molecule has 8 atom stereocenters. The third-order valence-electron chi connectivity index (χ3n) is 17.3. The van der Waals surface area contributed by atoms with E-state index in [1.165, 1.54) is 6.42 Å². The molecule has 12 heteroatoms. The molecule has 59 heavy (non-hydrogen) atoms. The van der Waals surface area contributed by atoms with E-state index in [0.29, 0.717) is 50.4 Å². The molecule has 8 bridgehead atoms. The van der Waals surface area contributed by atoms with E-state index in [9.17, 15) is 14.4 Å². The van der Waals surface area contributed by atoms with Crippen LogP contribution in [0.2, 0.25) is 0 Å². The fraction of sp³-hybridized carbons (Fsp3) is 0.915. The summed E-state index contributed by atoms with van der Waals surface area (Å²) in [4.78, 5) is 56.7. The molecule has 12 nitrogen and oxygen atoms in total. The second-order valence-corrected chi connectivity index (χ2v) is 22.8. The molecule has 0 N–H and O–H groups in total. The van der Waals surface area contributed by atoms with E-state index in [0.717, 1.165) is 43.9 Å². The maximum atomic E-state index is 15.1. The highest BCUT2D eigenvalue weighted by atomic mass is 16.8. The van der Waals surface area contributed by atoms with Gasteiger partial charge in [-0.3, -0.25) is 19.2 Å². The third-order valence-corrected chi connectivity index (χ3v) is 17.3. The van der Waals surface area contributed by atoms with E-state index < -0.39 is 74.2 Å². The molecule has 0 radical (unpaired) electrons. The van der Waals surface area contributed by atoms with Crippen molar-refractivity contribution in [3.63, 3.8) is 0 Å². The normalized spacial score (nSPS) is 45.8. The Morgan fingerprint density at radius 2 is 1.20 bits per heavy atom. The Morgan fingerprint density at radius 1 is 0.695 bits per heavy atom. The first-order valence-electron chi connectivity index (χ1n) is 23.1. The van der Waals surface area contributed by atoms with Crippen LogP contribution in [0.5, 0.6) is 0 Å². The molecule has 0 aromatic rings. The zero-order valence-corrected chi connectivity index (χ0v) is 37.3. The molecule has 11 rings (SSSR count). The summed E-state index contributed by atoms with van der Waals surface area (Å²) in [6.07, 6.45) is 8.36. The average molecular weight is 827 g/mol. The first-order chi connectivity index (χ1) is 27.5. The largest absolute Gasteiger partial charge is 0.462 e. The Bertz CT molecular complexity index is 1700. The lowest BCUT2D eigenvalue weighted by molar-refractivity contribution is -0.287. The van der Waals surface area contributed by atoms with Gasteiger partial charge in [0.05, 0.1) is 34.9 Å². The van der Waals surface area contributed by atoms with E-state index in [1.807, 2.05) is 62.3 Å². The lowest BCUT2D eigenvalue weighted by atomic mass is 9.48. The molecule has 3 heterocycles. The van der Waals surface area contributed by atoms with Crippen molar-refractivity contribution in [3.8, 4) is 0 Å². The fourth-order valence-electron chi connectivity index (χ4n) is 15.2. The number of ether oxygens (including phenoxy) is 8. The molecule has 8 aliphatic carbocycles. The van der Waals surface area contributed by atoms with Gasteiger partial charge in [-0.1, -0.05) is 20.8 Å². The predicted molar refractivity (Wildman–Crippen MR) is 212 cm³/mol. The molecule has 0 aromatic heterocycles. The third kappa shape index (κ3) is 6.55. The number of carbonyl (C=O) groups is 4. The molecule has 330 valence electrons. The number of carbonyl (C=O) groups excluding carboxylic acids is 4. The molecular formula is C47H70O12. The monoisotopic (exact) mass is 826 g/mol. The summed E-state index contributed by atoms with van der Waals surface area (Å²) in [7, 11) is 0. The Labute approximate surface area is 350 Å². The maximum Gasteiger partial charge on any atom is 0.312 e. The molecule has 8 saturated carbocycles. The van der Waals surface area contributed by atoms with E-state index in [4.69, 9.17) is 37.9 Å². The van der Waals surface area contributed by atoms with Crippen molar-refractivity contribution in [1.82, 2.24) is 0 Å². The second kappa shape index (κ2) is 13.4. The van der Waals surface area contributed by atoms with Crippen molar-refractivity contribution in [2.75, 3.05) is 6.61 Å². The minimum atomic E-state index is -1.34. The van der Waals surface area contributed by atoms with Crippen LogP contribution in [-0.4, -0.2) is 82.8 Å². The summed E-state index contributed by atoms with van der Waals surface area (Å²) in [5.41, 5.74) is -6.36. The number of cyclic esters (lactones) is 1. The van der Waals surface area contributed by atoms with Crippen molar-refractivity contribution >= 4 is 23.9 Å². The molecule has 0 aromatic carbocycles. The maximum absolute atomic E-state index is 15.1. The molecular weight excluding hydrogens is 757 g/mol. The zero-order chi connectivity index (χ0) is 42.4. The SMILES string of the molecule is CCC(C)(CC(C)(CC(C)(CC)C(=O)OC1(CC)C2CC3CC(C2)CC1C3)C(=O)OC1COC(=O)C1)C(=O)OC12CC3C4OC(C)(C)OC4(C1)CC1(C2)OC(C)(C)OC31. The molecule has 3 aliphatic heterocycles. The Kier molecular flexibility index (Phi) is 9.53. The summed E-state index contributed by atoms with van der Waals surface area (Å²) in [6.45, 7) is 19.4. The smallest absolute Gasteiger partial charge is 0.312 e. The van der Waals surface area contributed by atoms with E-state index in [1.54, 1.807) is 0 Å². The highest BCUT2D eigenvalue weighted by Crippen LogP contribution is 2.70. The number of hydrogen-bond donors (Lipinski definition) is 0. The van der Waals surface area contributed by atoms with Crippen LogP contribution in [0.4, 0.5) is 0 Å².